The van der Waals surface area contributed by atoms with Crippen LogP contribution < -0.4 is 9.46 Å². The van der Waals surface area contributed by atoms with Gasteiger partial charge in [0.1, 0.15) is 0 Å². The highest BCUT2D eigenvalue weighted by Crippen LogP contribution is 2.24. The molecule has 0 radical (unpaired) electrons. The molecule has 2 heterocycles. The van der Waals surface area contributed by atoms with Crippen LogP contribution in [0.1, 0.15) is 18.3 Å². The van der Waals surface area contributed by atoms with Crippen molar-refractivity contribution in [3.8, 4) is 5.75 Å². The van der Waals surface area contributed by atoms with E-state index < -0.39 is 21.9 Å². The van der Waals surface area contributed by atoms with Crippen LogP contribution in [-0.2, 0) is 10.0 Å². The molecule has 2 aromatic heterocycles. The number of pyridine rings is 1. The molecule has 7 nitrogen and oxygen atoms in total. The second-order valence-corrected chi connectivity index (χ2v) is 8.44. The molecular formula is C17H19FN4O3S2. The fraction of sp³-hybridized carbons (Fsp3) is 0.294. The summed E-state index contributed by atoms with van der Waals surface area (Å²) in [5, 5.41) is 8.24. The summed E-state index contributed by atoms with van der Waals surface area (Å²) in [6.07, 6.45) is 4.22. The Balaban J connectivity index is 1.95. The number of fused-ring (bicyclic) bond motifs is 1. The third kappa shape index (κ3) is 4.23. The highest BCUT2D eigenvalue weighted by molar-refractivity contribution is 7.98. The van der Waals surface area contributed by atoms with Crippen molar-refractivity contribution in [2.45, 2.75) is 17.4 Å². The number of ether oxygens (including phenoxy) is 1. The highest BCUT2D eigenvalue weighted by atomic mass is 32.2. The molecule has 3 rings (SSSR count). The van der Waals surface area contributed by atoms with E-state index >= 15 is 0 Å². The lowest BCUT2D eigenvalue weighted by atomic mass is 10.2. The van der Waals surface area contributed by atoms with Crippen molar-refractivity contribution in [1.29, 1.82) is 0 Å². The molecule has 0 amide bonds. The number of nitrogens with one attached hydrogen (secondary N) is 1. The Morgan fingerprint density at radius 3 is 2.81 bits per heavy atom. The Kier molecular flexibility index (Phi) is 5.98. The Hall–Kier alpha value is -2.17. The zero-order chi connectivity index (χ0) is 19.4. The van der Waals surface area contributed by atoms with Crippen LogP contribution in [0.25, 0.3) is 5.65 Å². The number of hydrogen-bond donors (Lipinski definition) is 1. The van der Waals surface area contributed by atoms with Crippen molar-refractivity contribution >= 4 is 27.4 Å². The molecule has 27 heavy (non-hydrogen) atoms. The Morgan fingerprint density at radius 2 is 2.11 bits per heavy atom. The number of rotatable bonds is 8. The van der Waals surface area contributed by atoms with E-state index in [9.17, 15) is 12.8 Å². The van der Waals surface area contributed by atoms with Gasteiger partial charge in [-0.3, -0.25) is 4.40 Å². The number of halogens is 1. The summed E-state index contributed by atoms with van der Waals surface area (Å²) in [5.74, 6) is 0.439. The number of benzene rings is 1. The second kappa shape index (κ2) is 8.24. The van der Waals surface area contributed by atoms with Gasteiger partial charge in [-0.2, -0.15) is 11.8 Å². The Bertz CT molecular complexity index is 1040. The van der Waals surface area contributed by atoms with E-state index in [1.807, 2.05) is 18.4 Å². The second-order valence-electron chi connectivity index (χ2n) is 5.74. The molecule has 144 valence electrons. The van der Waals surface area contributed by atoms with E-state index in [0.717, 1.165) is 6.07 Å². The fourth-order valence-electron chi connectivity index (χ4n) is 2.64. The summed E-state index contributed by atoms with van der Waals surface area (Å²) < 4.78 is 48.8. The van der Waals surface area contributed by atoms with Crippen LogP contribution in [0.3, 0.4) is 0 Å². The Labute approximate surface area is 161 Å². The summed E-state index contributed by atoms with van der Waals surface area (Å²) in [5.41, 5.74) is 0.622. The summed E-state index contributed by atoms with van der Waals surface area (Å²) in [6, 6.07) is 8.35. The fourth-order valence-corrected chi connectivity index (χ4v) is 4.35. The summed E-state index contributed by atoms with van der Waals surface area (Å²) in [7, 11) is -2.65. The summed E-state index contributed by atoms with van der Waals surface area (Å²) in [4.78, 5) is -0.177. The van der Waals surface area contributed by atoms with Crippen molar-refractivity contribution in [1.82, 2.24) is 19.3 Å². The van der Waals surface area contributed by atoms with Gasteiger partial charge in [-0.1, -0.05) is 6.07 Å². The van der Waals surface area contributed by atoms with E-state index in [2.05, 4.69) is 14.9 Å². The predicted molar refractivity (Wildman–Crippen MR) is 102 cm³/mol. The van der Waals surface area contributed by atoms with E-state index in [-0.39, 0.29) is 10.6 Å². The van der Waals surface area contributed by atoms with Gasteiger partial charge in [0.05, 0.1) is 18.0 Å². The molecule has 0 fully saturated rings. The monoisotopic (exact) mass is 410 g/mol. The lowest BCUT2D eigenvalue weighted by Crippen LogP contribution is -2.30. The molecule has 0 aliphatic carbocycles. The molecule has 10 heteroatoms. The number of nitrogens with zero attached hydrogens (tertiary/aromatic N) is 3. The van der Waals surface area contributed by atoms with Gasteiger partial charge < -0.3 is 4.74 Å². The molecule has 1 N–H and O–H groups in total. The average molecular weight is 410 g/mol. The maximum Gasteiger partial charge on any atom is 0.241 e. The first-order valence-corrected chi connectivity index (χ1v) is 11.0. The first kappa shape index (κ1) is 19.6. The molecule has 0 aliphatic rings. The maximum atomic E-state index is 14.0. The molecule has 0 saturated heterocycles. The van der Waals surface area contributed by atoms with E-state index in [0.29, 0.717) is 23.6 Å². The third-order valence-electron chi connectivity index (χ3n) is 3.99. The standard InChI is InChI=1S/C17H19FN4O3S2/c1-25-15-7-6-12(11-13(15)18)27(23,24)21-14(8-10-26-2)17-20-19-16-5-3-4-9-22(16)17/h3-7,9,11,14,21H,8,10H2,1-2H3. The number of methoxy groups -OCH3 is 1. The van der Waals surface area contributed by atoms with Crippen molar-refractivity contribution < 1.29 is 17.5 Å². The SMILES string of the molecule is COc1ccc(S(=O)(=O)NC(CCSC)c2nnc3ccccn23)cc1F. The van der Waals surface area contributed by atoms with Crippen LogP contribution >= 0.6 is 11.8 Å². The molecule has 1 unspecified atom stereocenters. The molecule has 1 aromatic carbocycles. The number of aromatic nitrogens is 3. The van der Waals surface area contributed by atoms with Crippen LogP contribution in [0.4, 0.5) is 4.39 Å². The number of thioether (sulfide) groups is 1. The largest absolute Gasteiger partial charge is 0.494 e. The van der Waals surface area contributed by atoms with Gasteiger partial charge in [-0.05, 0) is 48.8 Å². The number of hydrogen-bond acceptors (Lipinski definition) is 6. The minimum absolute atomic E-state index is 0.0173. The minimum Gasteiger partial charge on any atom is -0.494 e. The van der Waals surface area contributed by atoms with Crippen LogP contribution in [0, 0.1) is 5.82 Å². The zero-order valence-electron chi connectivity index (χ0n) is 14.8. The van der Waals surface area contributed by atoms with E-state index in [4.69, 9.17) is 4.74 Å². The molecule has 0 bridgehead atoms. The molecule has 0 saturated carbocycles. The van der Waals surface area contributed by atoms with Gasteiger partial charge in [0, 0.05) is 6.20 Å². The van der Waals surface area contributed by atoms with Gasteiger partial charge >= 0.3 is 0 Å². The maximum absolute atomic E-state index is 14.0. The van der Waals surface area contributed by atoms with E-state index in [1.54, 1.807) is 28.4 Å². The van der Waals surface area contributed by atoms with E-state index in [1.165, 1.54) is 19.2 Å². The molecule has 1 atom stereocenters. The van der Waals surface area contributed by atoms with Crippen molar-refractivity contribution in [3.63, 3.8) is 0 Å². The van der Waals surface area contributed by atoms with Crippen LogP contribution in [0.2, 0.25) is 0 Å². The molecule has 3 aromatic rings. The van der Waals surface area contributed by atoms with Gasteiger partial charge in [-0.25, -0.2) is 17.5 Å². The average Bonchev–Trinajstić information content (AvgIpc) is 3.09. The summed E-state index contributed by atoms with van der Waals surface area (Å²) in [6.45, 7) is 0. The normalized spacial score (nSPS) is 13.0. The third-order valence-corrected chi connectivity index (χ3v) is 6.11. The lowest BCUT2D eigenvalue weighted by Gasteiger charge is -2.17. The predicted octanol–water partition coefficient (Wildman–Crippen LogP) is 2.65. The van der Waals surface area contributed by atoms with Crippen molar-refractivity contribution in [3.05, 3.63) is 54.2 Å². The Morgan fingerprint density at radius 1 is 1.30 bits per heavy atom. The van der Waals surface area contributed by atoms with Crippen molar-refractivity contribution in [2.75, 3.05) is 19.1 Å². The quantitative estimate of drug-likeness (QED) is 0.615. The lowest BCUT2D eigenvalue weighted by molar-refractivity contribution is 0.385. The molecule has 0 spiro atoms. The first-order chi connectivity index (χ1) is 13.0. The van der Waals surface area contributed by atoms with Crippen molar-refractivity contribution in [2.24, 2.45) is 0 Å². The van der Waals surface area contributed by atoms with Crippen LogP contribution in [0.5, 0.6) is 5.75 Å². The van der Waals surface area contributed by atoms with Gasteiger partial charge in [0.25, 0.3) is 0 Å². The topological polar surface area (TPSA) is 85.6 Å². The first-order valence-electron chi connectivity index (χ1n) is 8.10. The van der Waals surface area contributed by atoms with Gasteiger partial charge in [-0.15, -0.1) is 10.2 Å². The van der Waals surface area contributed by atoms with Crippen LogP contribution in [-0.4, -0.2) is 42.1 Å². The van der Waals surface area contributed by atoms with Gasteiger partial charge in [0.2, 0.25) is 10.0 Å². The summed E-state index contributed by atoms with van der Waals surface area (Å²) >= 11 is 1.59. The zero-order valence-corrected chi connectivity index (χ0v) is 16.4. The smallest absolute Gasteiger partial charge is 0.241 e. The van der Waals surface area contributed by atoms with Crippen LogP contribution in [0.15, 0.2) is 47.5 Å². The molecular weight excluding hydrogens is 391 g/mol. The van der Waals surface area contributed by atoms with Gasteiger partial charge in [0.15, 0.2) is 23.0 Å². The minimum atomic E-state index is -3.97. The highest BCUT2D eigenvalue weighted by Gasteiger charge is 2.25. The molecule has 0 aliphatic heterocycles. The number of sulfonamides is 1.